The highest BCUT2D eigenvalue weighted by molar-refractivity contribution is 14.1. The highest BCUT2D eigenvalue weighted by Gasteiger charge is 2.49. The van der Waals surface area contributed by atoms with Crippen LogP contribution in [0, 0.1) is 0 Å². The second-order valence-corrected chi connectivity index (χ2v) is 8.70. The average Bonchev–Trinajstić information content (AvgIpc) is 3.07. The molecule has 1 heterocycles. The lowest BCUT2D eigenvalue weighted by Gasteiger charge is -2.45. The summed E-state index contributed by atoms with van der Waals surface area (Å²) in [5, 5.41) is 6.92. The van der Waals surface area contributed by atoms with Crippen molar-refractivity contribution in [1.29, 1.82) is 0 Å². The van der Waals surface area contributed by atoms with E-state index in [1.807, 2.05) is 12.1 Å². The van der Waals surface area contributed by atoms with Gasteiger partial charge in [0.25, 0.3) is 5.91 Å². The number of urea groups is 1. The molecule has 1 aliphatic carbocycles. The molecule has 6 nitrogen and oxygen atoms in total. The van der Waals surface area contributed by atoms with Crippen molar-refractivity contribution in [3.05, 3.63) is 65.7 Å². The highest BCUT2D eigenvalue weighted by atomic mass is 127. The average molecular weight is 504 g/mol. The molecule has 0 atom stereocenters. The molecule has 0 bridgehead atoms. The predicted molar refractivity (Wildman–Crippen MR) is 122 cm³/mol. The quantitative estimate of drug-likeness (QED) is 0.331. The molecule has 29 heavy (non-hydrogen) atoms. The van der Waals surface area contributed by atoms with Gasteiger partial charge in [0.1, 0.15) is 0 Å². The molecule has 4 N–H and O–H groups in total. The van der Waals surface area contributed by atoms with Gasteiger partial charge < -0.3 is 11.1 Å². The van der Waals surface area contributed by atoms with E-state index in [9.17, 15) is 9.59 Å². The number of halogens is 1. The Bertz CT molecular complexity index is 910. The maximum absolute atomic E-state index is 12.8. The van der Waals surface area contributed by atoms with Crippen LogP contribution in [0.3, 0.4) is 0 Å². The van der Waals surface area contributed by atoms with E-state index in [2.05, 4.69) is 57.5 Å². The van der Waals surface area contributed by atoms with Crippen LogP contribution in [0.25, 0.3) is 0 Å². The number of para-hydroxylation sites is 1. The number of benzene rings is 2. The van der Waals surface area contributed by atoms with Gasteiger partial charge in [0, 0.05) is 10.1 Å². The number of anilines is 1. The zero-order valence-corrected chi connectivity index (χ0v) is 18.3. The van der Waals surface area contributed by atoms with Crippen LogP contribution in [-0.2, 0) is 5.54 Å². The van der Waals surface area contributed by atoms with Gasteiger partial charge in [-0.25, -0.2) is 4.79 Å². The number of alkyl halides is 1. The van der Waals surface area contributed by atoms with Gasteiger partial charge in [0.2, 0.25) is 0 Å². The van der Waals surface area contributed by atoms with Crippen molar-refractivity contribution in [1.82, 2.24) is 10.6 Å². The minimum atomic E-state index is -0.521. The minimum absolute atomic E-state index is 0.0724. The normalized spacial score (nSPS) is 26.5. The van der Waals surface area contributed by atoms with Crippen molar-refractivity contribution in [2.24, 2.45) is 5.73 Å². The molecule has 152 valence electrons. The summed E-state index contributed by atoms with van der Waals surface area (Å²) in [4.78, 5) is 26.3. The molecule has 4 rings (SSSR count). The molecule has 2 fully saturated rings. The number of carbonyl (C=O) groups is 2. The van der Waals surface area contributed by atoms with E-state index < -0.39 is 5.91 Å². The topological polar surface area (TPSA) is 87.5 Å². The molecule has 0 aromatic heterocycles. The fraction of sp³-hybridized carbons (Fsp3) is 0.364. The van der Waals surface area contributed by atoms with Gasteiger partial charge in [-0.3, -0.25) is 15.0 Å². The van der Waals surface area contributed by atoms with Crippen LogP contribution >= 0.6 is 22.6 Å². The van der Waals surface area contributed by atoms with Crippen molar-refractivity contribution < 1.29 is 9.59 Å². The van der Waals surface area contributed by atoms with Crippen LogP contribution in [0.2, 0.25) is 0 Å². The summed E-state index contributed by atoms with van der Waals surface area (Å²) >= 11 is 2.36. The first kappa shape index (κ1) is 20.2. The third kappa shape index (κ3) is 3.73. The number of nitrogens with two attached hydrogens (primary N) is 1. The maximum Gasteiger partial charge on any atom is 0.322 e. The van der Waals surface area contributed by atoms with E-state index in [1.165, 1.54) is 5.56 Å². The third-order valence-corrected chi connectivity index (χ3v) is 6.71. The number of primary amides is 1. The first-order valence-corrected chi connectivity index (χ1v) is 11.4. The van der Waals surface area contributed by atoms with Gasteiger partial charge in [0.15, 0.2) is 0 Å². The first-order chi connectivity index (χ1) is 14.0. The molecule has 0 radical (unpaired) electrons. The second-order valence-electron chi connectivity index (χ2n) is 7.94. The molecule has 1 saturated heterocycles. The zero-order chi connectivity index (χ0) is 20.5. The van der Waals surface area contributed by atoms with Crippen molar-refractivity contribution in [3.8, 4) is 0 Å². The molecular weight excluding hydrogens is 479 g/mol. The fourth-order valence-corrected chi connectivity index (χ4v) is 5.44. The van der Waals surface area contributed by atoms with E-state index in [1.54, 1.807) is 23.1 Å². The Balaban J connectivity index is 1.56. The lowest BCUT2D eigenvalue weighted by atomic mass is 9.69. The molecule has 7 heteroatoms. The summed E-state index contributed by atoms with van der Waals surface area (Å²) in [5.74, 6) is -0.521. The molecule has 1 saturated carbocycles. The number of hydrogen-bond donors (Lipinski definition) is 3. The van der Waals surface area contributed by atoms with Crippen LogP contribution in [0.5, 0.6) is 0 Å². The molecule has 2 aliphatic rings. The predicted octanol–water partition coefficient (Wildman–Crippen LogP) is 3.51. The van der Waals surface area contributed by atoms with E-state index in [0.29, 0.717) is 17.8 Å². The van der Waals surface area contributed by atoms with Crippen LogP contribution in [0.1, 0.15) is 41.6 Å². The fourth-order valence-electron chi connectivity index (χ4n) is 4.71. The van der Waals surface area contributed by atoms with Gasteiger partial charge in [-0.1, -0.05) is 65.1 Å². The Hall–Kier alpha value is -2.13. The summed E-state index contributed by atoms with van der Waals surface area (Å²) in [7, 11) is 0. The summed E-state index contributed by atoms with van der Waals surface area (Å²) in [6.07, 6.45) is 3.61. The van der Waals surface area contributed by atoms with Crippen molar-refractivity contribution in [2.75, 3.05) is 16.0 Å². The van der Waals surface area contributed by atoms with E-state index in [4.69, 9.17) is 5.73 Å². The highest BCUT2D eigenvalue weighted by Crippen LogP contribution is 2.44. The summed E-state index contributed by atoms with van der Waals surface area (Å²) < 4.78 is 0.865. The van der Waals surface area contributed by atoms with E-state index in [0.717, 1.165) is 30.2 Å². The third-order valence-electron chi connectivity index (χ3n) is 6.33. The molecule has 1 aliphatic heterocycles. The largest absolute Gasteiger partial charge is 0.366 e. The van der Waals surface area contributed by atoms with E-state index >= 15 is 0 Å². The molecular formula is C22H25IN4O2. The van der Waals surface area contributed by atoms with Gasteiger partial charge >= 0.3 is 6.03 Å². The number of amides is 3. The Kier molecular flexibility index (Phi) is 5.52. The standard InChI is InChI=1S/C22H25IN4O2/c23-15-25-22(16-6-2-1-3-7-16)12-10-21(11-13-22)14-27(20(29)26-21)18-9-5-4-8-17(18)19(24)28/h1-9,25H,10-15H2,(H2,24,28)(H,26,29). The minimum Gasteiger partial charge on any atom is -0.366 e. The smallest absolute Gasteiger partial charge is 0.322 e. The maximum atomic E-state index is 12.8. The van der Waals surface area contributed by atoms with Crippen LogP contribution in [0.15, 0.2) is 54.6 Å². The Morgan fingerprint density at radius 3 is 2.38 bits per heavy atom. The molecule has 1 spiro atoms. The van der Waals surface area contributed by atoms with Gasteiger partial charge in [-0.05, 0) is 43.4 Å². The van der Waals surface area contributed by atoms with Crippen LogP contribution in [-0.4, -0.2) is 28.6 Å². The Morgan fingerprint density at radius 1 is 1.07 bits per heavy atom. The molecule has 2 aromatic rings. The number of carbonyl (C=O) groups excluding carboxylic acids is 2. The number of rotatable bonds is 5. The van der Waals surface area contributed by atoms with Crippen LogP contribution in [0.4, 0.5) is 10.5 Å². The molecule has 2 aromatic carbocycles. The van der Waals surface area contributed by atoms with Crippen molar-refractivity contribution in [3.63, 3.8) is 0 Å². The Labute approximate surface area is 184 Å². The van der Waals surface area contributed by atoms with E-state index in [-0.39, 0.29) is 17.1 Å². The summed E-state index contributed by atoms with van der Waals surface area (Å²) in [6, 6.07) is 17.4. The van der Waals surface area contributed by atoms with Gasteiger partial charge in [0.05, 0.1) is 23.3 Å². The number of hydrogen-bond acceptors (Lipinski definition) is 3. The summed E-state index contributed by atoms with van der Waals surface area (Å²) in [6.45, 7) is 0.547. The number of nitrogens with one attached hydrogen (secondary N) is 2. The lowest BCUT2D eigenvalue weighted by Crippen LogP contribution is -2.54. The zero-order valence-electron chi connectivity index (χ0n) is 16.2. The van der Waals surface area contributed by atoms with Gasteiger partial charge in [-0.2, -0.15) is 0 Å². The van der Waals surface area contributed by atoms with Crippen molar-refractivity contribution in [2.45, 2.75) is 36.8 Å². The van der Waals surface area contributed by atoms with Crippen LogP contribution < -0.4 is 21.3 Å². The Morgan fingerprint density at radius 2 is 1.72 bits per heavy atom. The second kappa shape index (κ2) is 7.95. The SMILES string of the molecule is NC(=O)c1ccccc1N1CC2(CCC(NCI)(c3ccccc3)CC2)NC1=O. The monoisotopic (exact) mass is 504 g/mol. The number of nitrogens with zero attached hydrogens (tertiary/aromatic N) is 1. The van der Waals surface area contributed by atoms with Crippen molar-refractivity contribution >= 4 is 40.2 Å². The summed E-state index contributed by atoms with van der Waals surface area (Å²) in [5.41, 5.74) is 7.42. The lowest BCUT2D eigenvalue weighted by molar-refractivity contribution is 0.100. The first-order valence-electron chi connectivity index (χ1n) is 9.84. The molecule has 0 unspecified atom stereocenters. The van der Waals surface area contributed by atoms with Gasteiger partial charge in [-0.15, -0.1) is 0 Å². The molecule has 3 amide bonds.